The monoisotopic (exact) mass is 333 g/mol. The van der Waals surface area contributed by atoms with E-state index in [1.807, 2.05) is 13.1 Å². The summed E-state index contributed by atoms with van der Waals surface area (Å²) in [7, 11) is 1.94. The molecule has 2 aromatic carbocycles. The number of aryl methyl sites for hydroxylation is 2. The van der Waals surface area contributed by atoms with Crippen LogP contribution < -0.4 is 5.32 Å². The Morgan fingerprint density at radius 1 is 1.10 bits per heavy atom. The highest BCUT2D eigenvalue weighted by atomic mass is 79.9. The van der Waals surface area contributed by atoms with Gasteiger partial charge in [-0.2, -0.15) is 0 Å². The number of benzene rings is 2. The number of halogens is 2. The van der Waals surface area contributed by atoms with Crippen molar-refractivity contribution in [2.24, 2.45) is 0 Å². The Balaban J connectivity index is 2.01. The second-order valence-corrected chi connectivity index (χ2v) is 6.12. The fraction of sp³-hybridized carbons (Fsp3) is 0.294. The van der Waals surface area contributed by atoms with Crippen molar-refractivity contribution in [2.45, 2.75) is 25.3 Å². The number of hydrogen-bond acceptors (Lipinski definition) is 1. The lowest BCUT2D eigenvalue weighted by Gasteiger charge is -2.19. The fourth-order valence-electron chi connectivity index (χ4n) is 3.01. The van der Waals surface area contributed by atoms with Crippen molar-refractivity contribution < 1.29 is 4.39 Å². The van der Waals surface area contributed by atoms with Crippen LogP contribution in [0.3, 0.4) is 0 Å². The number of nitrogens with one attached hydrogen (secondary N) is 1. The Kier molecular flexibility index (Phi) is 3.90. The summed E-state index contributed by atoms with van der Waals surface area (Å²) in [6.07, 6.45) is 3.62. The normalized spacial score (nSPS) is 15.2. The van der Waals surface area contributed by atoms with Gasteiger partial charge in [0.15, 0.2) is 0 Å². The smallest absolute Gasteiger partial charge is 0.124 e. The van der Waals surface area contributed by atoms with E-state index in [-0.39, 0.29) is 11.9 Å². The first-order valence-corrected chi connectivity index (χ1v) is 7.72. The molecule has 2 aromatic rings. The largest absolute Gasteiger partial charge is 0.309 e. The molecule has 1 aliphatic rings. The minimum Gasteiger partial charge on any atom is -0.309 e. The number of fused-ring (bicyclic) bond motifs is 1. The summed E-state index contributed by atoms with van der Waals surface area (Å²) < 4.78 is 14.0. The summed E-state index contributed by atoms with van der Waals surface area (Å²) in [6.45, 7) is 0. The molecule has 0 saturated carbocycles. The topological polar surface area (TPSA) is 12.0 Å². The first kappa shape index (κ1) is 13.8. The average molecular weight is 334 g/mol. The summed E-state index contributed by atoms with van der Waals surface area (Å²) in [5, 5.41) is 3.33. The molecule has 1 unspecified atom stereocenters. The number of rotatable bonds is 3. The SMILES string of the molecule is CNC(c1ccc2c(c1)CCC2)c1ccc(F)cc1Br. The fourth-order valence-corrected chi connectivity index (χ4v) is 3.59. The van der Waals surface area contributed by atoms with Crippen molar-refractivity contribution in [2.75, 3.05) is 7.05 Å². The molecule has 0 aromatic heterocycles. The van der Waals surface area contributed by atoms with E-state index in [1.165, 1.54) is 48.1 Å². The van der Waals surface area contributed by atoms with Gasteiger partial charge in [-0.15, -0.1) is 0 Å². The van der Waals surface area contributed by atoms with Gasteiger partial charge in [-0.05, 0) is 60.7 Å². The lowest BCUT2D eigenvalue weighted by Crippen LogP contribution is -2.18. The number of hydrogen-bond donors (Lipinski definition) is 1. The Morgan fingerprint density at radius 2 is 1.90 bits per heavy atom. The Morgan fingerprint density at radius 3 is 2.65 bits per heavy atom. The maximum absolute atomic E-state index is 13.2. The van der Waals surface area contributed by atoms with E-state index in [0.29, 0.717) is 0 Å². The van der Waals surface area contributed by atoms with Gasteiger partial charge < -0.3 is 5.32 Å². The molecule has 0 aliphatic heterocycles. The molecule has 0 radical (unpaired) electrons. The van der Waals surface area contributed by atoms with Crippen molar-refractivity contribution in [3.8, 4) is 0 Å². The van der Waals surface area contributed by atoms with Gasteiger partial charge in [0.05, 0.1) is 6.04 Å². The van der Waals surface area contributed by atoms with E-state index < -0.39 is 0 Å². The van der Waals surface area contributed by atoms with Crippen LogP contribution in [0.15, 0.2) is 40.9 Å². The lowest BCUT2D eigenvalue weighted by atomic mass is 9.96. The first-order valence-electron chi connectivity index (χ1n) is 6.93. The van der Waals surface area contributed by atoms with Crippen molar-refractivity contribution in [1.29, 1.82) is 0 Å². The van der Waals surface area contributed by atoms with Crippen LogP contribution >= 0.6 is 15.9 Å². The average Bonchev–Trinajstić information content (AvgIpc) is 2.89. The van der Waals surface area contributed by atoms with E-state index in [2.05, 4.69) is 39.4 Å². The van der Waals surface area contributed by atoms with E-state index >= 15 is 0 Å². The molecule has 1 atom stereocenters. The molecule has 0 amide bonds. The van der Waals surface area contributed by atoms with Gasteiger partial charge in [0.2, 0.25) is 0 Å². The second kappa shape index (κ2) is 5.66. The molecule has 0 spiro atoms. The molecule has 20 heavy (non-hydrogen) atoms. The summed E-state index contributed by atoms with van der Waals surface area (Å²) >= 11 is 3.47. The summed E-state index contributed by atoms with van der Waals surface area (Å²) in [5.41, 5.74) is 5.23. The van der Waals surface area contributed by atoms with Gasteiger partial charge in [-0.25, -0.2) is 4.39 Å². The van der Waals surface area contributed by atoms with Gasteiger partial charge in [-0.1, -0.05) is 40.2 Å². The van der Waals surface area contributed by atoms with Crippen LogP contribution in [0.2, 0.25) is 0 Å². The van der Waals surface area contributed by atoms with E-state index in [9.17, 15) is 4.39 Å². The summed E-state index contributed by atoms with van der Waals surface area (Å²) in [4.78, 5) is 0. The minimum atomic E-state index is -0.218. The standard InChI is InChI=1S/C17H17BrFN/c1-20-17(15-8-7-14(19)10-16(15)18)13-6-5-11-3-2-4-12(11)9-13/h5-10,17,20H,2-4H2,1H3. The summed E-state index contributed by atoms with van der Waals surface area (Å²) in [5.74, 6) is -0.218. The van der Waals surface area contributed by atoms with Crippen molar-refractivity contribution in [1.82, 2.24) is 5.32 Å². The zero-order valence-electron chi connectivity index (χ0n) is 11.4. The van der Waals surface area contributed by atoms with Crippen LogP contribution in [-0.4, -0.2) is 7.05 Å². The predicted molar refractivity (Wildman–Crippen MR) is 83.5 cm³/mol. The van der Waals surface area contributed by atoms with Crippen molar-refractivity contribution in [3.05, 3.63) is 68.9 Å². The quantitative estimate of drug-likeness (QED) is 0.878. The molecule has 0 saturated heterocycles. The van der Waals surface area contributed by atoms with Gasteiger partial charge in [0.25, 0.3) is 0 Å². The van der Waals surface area contributed by atoms with Crippen LogP contribution in [0.5, 0.6) is 0 Å². The van der Waals surface area contributed by atoms with Gasteiger partial charge >= 0.3 is 0 Å². The van der Waals surface area contributed by atoms with Crippen molar-refractivity contribution in [3.63, 3.8) is 0 Å². The molecule has 0 heterocycles. The highest BCUT2D eigenvalue weighted by molar-refractivity contribution is 9.10. The molecule has 0 fully saturated rings. The van der Waals surface area contributed by atoms with Crippen LogP contribution in [-0.2, 0) is 12.8 Å². The maximum atomic E-state index is 13.2. The maximum Gasteiger partial charge on any atom is 0.124 e. The molecule has 3 rings (SSSR count). The third kappa shape index (κ3) is 2.52. The zero-order valence-corrected chi connectivity index (χ0v) is 13.0. The minimum absolute atomic E-state index is 0.0795. The predicted octanol–water partition coefficient (Wildman–Crippen LogP) is 4.39. The van der Waals surface area contributed by atoms with Crippen LogP contribution in [0.1, 0.15) is 34.7 Å². The van der Waals surface area contributed by atoms with Crippen molar-refractivity contribution >= 4 is 15.9 Å². The van der Waals surface area contributed by atoms with Crippen LogP contribution in [0.4, 0.5) is 4.39 Å². The highest BCUT2D eigenvalue weighted by Crippen LogP contribution is 2.32. The first-order chi connectivity index (χ1) is 9.69. The third-order valence-corrected chi connectivity index (χ3v) is 4.70. The molecule has 1 nitrogen and oxygen atoms in total. The molecule has 3 heteroatoms. The Labute approximate surface area is 127 Å². The third-order valence-electron chi connectivity index (χ3n) is 4.02. The Bertz CT molecular complexity index is 639. The zero-order chi connectivity index (χ0) is 14.1. The van der Waals surface area contributed by atoms with E-state index in [0.717, 1.165) is 10.0 Å². The molecule has 104 valence electrons. The molecular weight excluding hydrogens is 317 g/mol. The molecule has 1 N–H and O–H groups in total. The van der Waals surface area contributed by atoms with Gasteiger partial charge in [-0.3, -0.25) is 0 Å². The van der Waals surface area contributed by atoms with Crippen LogP contribution in [0, 0.1) is 5.82 Å². The molecular formula is C17H17BrFN. The molecule has 1 aliphatic carbocycles. The summed E-state index contributed by atoms with van der Waals surface area (Å²) in [6, 6.07) is 11.7. The second-order valence-electron chi connectivity index (χ2n) is 5.27. The van der Waals surface area contributed by atoms with Crippen LogP contribution in [0.25, 0.3) is 0 Å². The molecule has 0 bridgehead atoms. The lowest BCUT2D eigenvalue weighted by molar-refractivity contribution is 0.621. The van der Waals surface area contributed by atoms with Gasteiger partial charge in [0, 0.05) is 4.47 Å². The van der Waals surface area contributed by atoms with E-state index in [4.69, 9.17) is 0 Å². The Hall–Kier alpha value is -1.19. The highest BCUT2D eigenvalue weighted by Gasteiger charge is 2.18. The van der Waals surface area contributed by atoms with E-state index in [1.54, 1.807) is 0 Å². The van der Waals surface area contributed by atoms with Gasteiger partial charge in [0.1, 0.15) is 5.82 Å².